The maximum Gasteiger partial charge on any atom is 0.336 e. The molecule has 0 saturated heterocycles. The smallest absolute Gasteiger partial charge is 0.336 e. The summed E-state index contributed by atoms with van der Waals surface area (Å²) in [6.07, 6.45) is 0. The zero-order chi connectivity index (χ0) is 9.78. The molecule has 0 aliphatic carbocycles. The third kappa shape index (κ3) is 4.23. The Kier molecular flexibility index (Phi) is 4.09. The quantitative estimate of drug-likeness (QED) is 0.641. The lowest BCUT2D eigenvalue weighted by Crippen LogP contribution is -2.44. The molecule has 5 heteroatoms. The van der Waals surface area contributed by atoms with Crippen LogP contribution in [0.2, 0.25) is 0 Å². The van der Waals surface area contributed by atoms with E-state index in [1.807, 2.05) is 13.8 Å². The molecule has 72 valence electrons. The molecule has 0 spiro atoms. The normalized spacial score (nSPS) is 12.1. The number of nitrogens with two attached hydrogens (primary N) is 1. The highest BCUT2D eigenvalue weighted by molar-refractivity contribution is 5.81. The summed E-state index contributed by atoms with van der Waals surface area (Å²) in [5.41, 5.74) is 4.46. The van der Waals surface area contributed by atoms with Crippen molar-refractivity contribution in [3.05, 3.63) is 0 Å². The van der Waals surface area contributed by atoms with Crippen molar-refractivity contribution in [2.45, 2.75) is 19.8 Å². The first kappa shape index (κ1) is 11.3. The van der Waals surface area contributed by atoms with Gasteiger partial charge in [-0.2, -0.15) is 8.78 Å². The van der Waals surface area contributed by atoms with Crippen LogP contribution in [0.5, 0.6) is 0 Å². The van der Waals surface area contributed by atoms with Crippen LogP contribution in [-0.2, 0) is 4.79 Å². The number of hydrogen-bond acceptors (Lipinski definition) is 2. The van der Waals surface area contributed by atoms with E-state index in [1.165, 1.54) is 0 Å². The number of primary amides is 1. The van der Waals surface area contributed by atoms with Gasteiger partial charge in [-0.15, -0.1) is 0 Å². The van der Waals surface area contributed by atoms with E-state index in [2.05, 4.69) is 11.1 Å². The first-order valence-electron chi connectivity index (χ1n) is 3.74. The van der Waals surface area contributed by atoms with E-state index in [9.17, 15) is 13.6 Å². The number of nitrogens with one attached hydrogen (secondary N) is 1. The number of carbonyl (C=O) groups is 1. The summed E-state index contributed by atoms with van der Waals surface area (Å²) in [5.74, 6) is -4.75. The molecular formula is C7H14F2N2O. The minimum absolute atomic E-state index is 0.272. The van der Waals surface area contributed by atoms with E-state index in [-0.39, 0.29) is 5.92 Å². The molecule has 0 aliphatic rings. The van der Waals surface area contributed by atoms with Gasteiger partial charge in [0.15, 0.2) is 0 Å². The van der Waals surface area contributed by atoms with Crippen molar-refractivity contribution in [1.82, 2.24) is 5.32 Å². The summed E-state index contributed by atoms with van der Waals surface area (Å²) in [7, 11) is 0. The molecular weight excluding hydrogens is 166 g/mol. The summed E-state index contributed by atoms with van der Waals surface area (Å²) >= 11 is 0. The molecule has 0 aromatic rings. The minimum atomic E-state index is -3.44. The highest BCUT2D eigenvalue weighted by atomic mass is 19.3. The first-order valence-corrected chi connectivity index (χ1v) is 3.74. The lowest BCUT2D eigenvalue weighted by atomic mass is 10.2. The molecule has 0 rings (SSSR count). The van der Waals surface area contributed by atoms with Gasteiger partial charge in [-0.05, 0) is 12.5 Å². The van der Waals surface area contributed by atoms with Crippen molar-refractivity contribution in [2.24, 2.45) is 11.7 Å². The standard InChI is InChI=1S/C7H14F2N2O/c1-5(2)3-11-4-7(8,9)6(10)12/h5,11H,3-4H2,1-2H3,(H2,10,12). The summed E-state index contributed by atoms with van der Waals surface area (Å²) in [4.78, 5) is 10.1. The van der Waals surface area contributed by atoms with Crippen LogP contribution in [0.15, 0.2) is 0 Å². The van der Waals surface area contributed by atoms with Crippen LogP contribution >= 0.6 is 0 Å². The third-order valence-corrected chi connectivity index (χ3v) is 1.26. The minimum Gasteiger partial charge on any atom is -0.364 e. The monoisotopic (exact) mass is 180 g/mol. The fourth-order valence-corrected chi connectivity index (χ4v) is 0.605. The van der Waals surface area contributed by atoms with Crippen LogP contribution < -0.4 is 11.1 Å². The second-order valence-electron chi connectivity index (χ2n) is 3.09. The number of halogens is 2. The molecule has 0 unspecified atom stereocenters. The van der Waals surface area contributed by atoms with Gasteiger partial charge in [0, 0.05) is 0 Å². The number of amides is 1. The summed E-state index contributed by atoms with van der Waals surface area (Å²) in [6.45, 7) is 3.54. The number of hydrogen-bond donors (Lipinski definition) is 2. The van der Waals surface area contributed by atoms with E-state index in [1.54, 1.807) is 0 Å². The van der Waals surface area contributed by atoms with Crippen molar-refractivity contribution >= 4 is 5.91 Å². The van der Waals surface area contributed by atoms with Crippen LogP contribution in [0.3, 0.4) is 0 Å². The predicted octanol–water partition coefficient (Wildman–Crippen LogP) is 0.353. The number of alkyl halides is 2. The largest absolute Gasteiger partial charge is 0.364 e. The van der Waals surface area contributed by atoms with Crippen molar-refractivity contribution in [3.63, 3.8) is 0 Å². The molecule has 12 heavy (non-hydrogen) atoms. The lowest BCUT2D eigenvalue weighted by Gasteiger charge is -2.13. The Bertz CT molecular complexity index is 159. The van der Waals surface area contributed by atoms with Gasteiger partial charge in [0.25, 0.3) is 5.91 Å². The Hall–Kier alpha value is -0.710. The third-order valence-electron chi connectivity index (χ3n) is 1.26. The van der Waals surface area contributed by atoms with Crippen molar-refractivity contribution in [3.8, 4) is 0 Å². The first-order chi connectivity index (χ1) is 5.36. The Balaban J connectivity index is 3.69. The van der Waals surface area contributed by atoms with Crippen molar-refractivity contribution in [1.29, 1.82) is 0 Å². The van der Waals surface area contributed by atoms with Gasteiger partial charge >= 0.3 is 5.92 Å². The summed E-state index contributed by atoms with van der Waals surface area (Å²) < 4.78 is 24.9. The second-order valence-corrected chi connectivity index (χ2v) is 3.09. The highest BCUT2D eigenvalue weighted by Crippen LogP contribution is 2.10. The van der Waals surface area contributed by atoms with Crippen LogP contribution in [0, 0.1) is 5.92 Å². The van der Waals surface area contributed by atoms with Gasteiger partial charge in [-0.25, -0.2) is 0 Å². The fraction of sp³-hybridized carbons (Fsp3) is 0.857. The molecule has 0 bridgehead atoms. The summed E-state index contributed by atoms with van der Waals surface area (Å²) in [6, 6.07) is 0. The van der Waals surface area contributed by atoms with E-state index in [4.69, 9.17) is 0 Å². The Morgan fingerprint density at radius 2 is 2.08 bits per heavy atom. The average Bonchev–Trinajstić information content (AvgIpc) is 1.85. The van der Waals surface area contributed by atoms with Gasteiger partial charge in [0.1, 0.15) is 0 Å². The highest BCUT2D eigenvalue weighted by Gasteiger charge is 2.35. The summed E-state index contributed by atoms with van der Waals surface area (Å²) in [5, 5.41) is 2.46. The number of carbonyl (C=O) groups excluding carboxylic acids is 1. The van der Waals surface area contributed by atoms with E-state index in [0.717, 1.165) is 0 Å². The Morgan fingerprint density at radius 3 is 2.42 bits per heavy atom. The average molecular weight is 180 g/mol. The maximum absolute atomic E-state index is 12.5. The predicted molar refractivity (Wildman–Crippen MR) is 41.8 cm³/mol. The van der Waals surface area contributed by atoms with E-state index >= 15 is 0 Å². The lowest BCUT2D eigenvalue weighted by molar-refractivity contribution is -0.141. The second kappa shape index (κ2) is 4.35. The maximum atomic E-state index is 12.5. The molecule has 3 N–H and O–H groups in total. The van der Waals surface area contributed by atoms with E-state index < -0.39 is 18.4 Å². The van der Waals surface area contributed by atoms with Gasteiger partial charge in [-0.3, -0.25) is 4.79 Å². The van der Waals surface area contributed by atoms with E-state index in [0.29, 0.717) is 6.54 Å². The van der Waals surface area contributed by atoms with Crippen molar-refractivity contribution in [2.75, 3.05) is 13.1 Å². The molecule has 0 aromatic heterocycles. The molecule has 0 fully saturated rings. The topological polar surface area (TPSA) is 55.1 Å². The van der Waals surface area contributed by atoms with Gasteiger partial charge in [0.2, 0.25) is 0 Å². The van der Waals surface area contributed by atoms with Gasteiger partial charge in [-0.1, -0.05) is 13.8 Å². The van der Waals surface area contributed by atoms with Crippen LogP contribution in [0.1, 0.15) is 13.8 Å². The molecule has 0 atom stereocenters. The van der Waals surface area contributed by atoms with Crippen molar-refractivity contribution < 1.29 is 13.6 Å². The Morgan fingerprint density at radius 1 is 1.58 bits per heavy atom. The fourth-order valence-electron chi connectivity index (χ4n) is 0.605. The molecule has 1 amide bonds. The molecule has 3 nitrogen and oxygen atoms in total. The molecule has 0 saturated carbocycles. The molecule has 0 aromatic carbocycles. The van der Waals surface area contributed by atoms with Crippen LogP contribution in [-0.4, -0.2) is 24.9 Å². The SMILES string of the molecule is CC(C)CNCC(F)(F)C(N)=O. The molecule has 0 radical (unpaired) electrons. The number of rotatable bonds is 5. The van der Waals surface area contributed by atoms with Gasteiger partial charge in [0.05, 0.1) is 6.54 Å². The molecule has 0 heterocycles. The molecule has 0 aliphatic heterocycles. The zero-order valence-corrected chi connectivity index (χ0v) is 7.23. The van der Waals surface area contributed by atoms with Gasteiger partial charge < -0.3 is 11.1 Å². The van der Waals surface area contributed by atoms with Crippen LogP contribution in [0.4, 0.5) is 8.78 Å². The Labute approximate surface area is 70.3 Å². The van der Waals surface area contributed by atoms with Crippen LogP contribution in [0.25, 0.3) is 0 Å². The zero-order valence-electron chi connectivity index (χ0n) is 7.23.